The number of carbonyl (C=O) groups excluding carboxylic acids is 2. The monoisotopic (exact) mass is 1150 g/mol. The molecular formula is C44H66Cl4F3N10O10PS. The van der Waals surface area contributed by atoms with E-state index >= 15 is 0 Å². The molecule has 0 radical (unpaired) electrons. The lowest BCUT2D eigenvalue weighted by molar-refractivity contribution is -0.193. The van der Waals surface area contributed by atoms with Crippen molar-refractivity contribution in [2.45, 2.75) is 92.2 Å². The van der Waals surface area contributed by atoms with Gasteiger partial charge in [0.25, 0.3) is 0 Å². The van der Waals surface area contributed by atoms with Crippen LogP contribution in [0.2, 0.25) is 10.3 Å². The molecule has 4 aromatic rings. The number of aromatic nitrogens is 6. The first-order valence-corrected chi connectivity index (χ1v) is 28.0. The summed E-state index contributed by atoms with van der Waals surface area (Å²) < 4.78 is 60.6. The third kappa shape index (κ3) is 26.2. The molecule has 3 atom stereocenters. The number of carboxylic acid groups (broad SMARTS) is 1. The molecule has 0 aliphatic rings. The van der Waals surface area contributed by atoms with Crippen LogP contribution in [0.1, 0.15) is 70.6 Å². The van der Waals surface area contributed by atoms with Gasteiger partial charge in [0.2, 0.25) is 23.1 Å². The summed E-state index contributed by atoms with van der Waals surface area (Å²) in [5, 5.41) is 18.7. The quantitative estimate of drug-likeness (QED) is 0.0262. The standard InChI is InChI=1S/C15H14Cl2F3N3O3.C15H22ClNO2.C8H14ClN5.C3H8NO5P.C3H9S/c1-3-26-13(24)10(17)4-8-5-12(11(18)6-9(8)16)23-15(25)22(14(19)20)7(2)21-23;1-5-13-8-6-7-11(2)15(13)17(14(18)9-16)12(3)10-19-4;1-4-10-7-12-6(9)13-8(14-7)11-5(2)3;5-3(6)1-4-2-10(7,8)9;1-4(2)3/h5-6,10,14H,3-4H2,1-2H3;6-8,12H,5,9-10H2,1-4H3;5H,4H2,1-3H3,(H2,10,11,12,13,14);4H,1-2H2,(H,5,6)(H2,7,8,9);1-3H3/q;;;;+1/p-1. The lowest BCUT2D eigenvalue weighted by Crippen LogP contribution is -2.43. The molecule has 2 aromatic heterocycles. The number of halogens is 7. The summed E-state index contributed by atoms with van der Waals surface area (Å²) in [6.07, 6.45) is 6.64. The minimum atomic E-state index is -4.35. The van der Waals surface area contributed by atoms with Gasteiger partial charge in [-0.05, 0) is 106 Å². The maximum atomic E-state index is 14.2. The van der Waals surface area contributed by atoms with E-state index < -0.39 is 55.8 Å². The van der Waals surface area contributed by atoms with Gasteiger partial charge in [0.05, 0.1) is 56.5 Å². The number of anilines is 3. The number of carbonyl (C=O) groups is 3. The fourth-order valence-electron chi connectivity index (χ4n) is 5.80. The predicted octanol–water partition coefficient (Wildman–Crippen LogP) is 6.84. The Morgan fingerprint density at radius 3 is 2.10 bits per heavy atom. The zero-order valence-electron chi connectivity index (χ0n) is 42.6. The number of esters is 1. The number of carboxylic acids is 1. The van der Waals surface area contributed by atoms with Crippen LogP contribution in [-0.4, -0.2) is 139 Å². The van der Waals surface area contributed by atoms with Crippen molar-refractivity contribution in [1.29, 1.82) is 0 Å². The maximum absolute atomic E-state index is 14.2. The SMILES string of the molecule is CCNc1nc(Cl)nc(NC(C)C)n1.CCOC(=O)C(Cl)Cc1cc(-n2nc(C)n(C(F)F)c2=O)c(F)cc1Cl.CCc1cccc(C)c1N(C(=O)CCl)C(C)COC.C[S+](C)C.O=C(O)CNCP(=O)([O-])O. The zero-order chi connectivity index (χ0) is 56.3. The average molecular weight is 1160 g/mol. The molecule has 5 N–H and O–H groups in total. The van der Waals surface area contributed by atoms with Crippen molar-refractivity contribution in [3.63, 3.8) is 0 Å². The summed E-state index contributed by atoms with van der Waals surface area (Å²) in [4.78, 5) is 77.4. The molecule has 0 saturated carbocycles. The van der Waals surface area contributed by atoms with Gasteiger partial charge in [0.15, 0.2) is 5.82 Å². The molecule has 73 heavy (non-hydrogen) atoms. The van der Waals surface area contributed by atoms with E-state index in [1.165, 1.54) is 6.92 Å². The number of hydrogen-bond donors (Lipinski definition) is 5. The van der Waals surface area contributed by atoms with Crippen molar-refractivity contribution < 1.29 is 56.5 Å². The summed E-state index contributed by atoms with van der Waals surface area (Å²) in [6, 6.07) is 8.34. The minimum absolute atomic E-state index is 0.0223. The molecule has 2 heterocycles. The zero-order valence-corrected chi connectivity index (χ0v) is 47.4. The number of hydrogen-bond acceptors (Lipinski definition) is 15. The average Bonchev–Trinajstić information content (AvgIpc) is 3.57. The Hall–Kier alpha value is -4.23. The van der Waals surface area contributed by atoms with Crippen molar-refractivity contribution in [1.82, 2.24) is 34.6 Å². The number of rotatable bonds is 20. The number of aryl methyl sites for hydroxylation is 3. The lowest BCUT2D eigenvalue weighted by atomic mass is 10.0. The van der Waals surface area contributed by atoms with E-state index in [2.05, 4.69) is 62.4 Å². The number of nitrogens with one attached hydrogen (secondary N) is 3. The van der Waals surface area contributed by atoms with Crippen LogP contribution in [0.5, 0.6) is 0 Å². The molecule has 4 rings (SSSR count). The first-order chi connectivity index (χ1) is 34.0. The molecule has 20 nitrogen and oxygen atoms in total. The molecule has 29 heteroatoms. The van der Waals surface area contributed by atoms with Gasteiger partial charge in [-0.15, -0.1) is 28.3 Å². The topological polar surface area (TPSA) is 268 Å². The van der Waals surface area contributed by atoms with Crippen LogP contribution in [0, 0.1) is 19.7 Å². The van der Waals surface area contributed by atoms with Crippen LogP contribution < -0.4 is 31.4 Å². The smallest absolute Gasteiger partial charge is 0.355 e. The number of amides is 1. The fraction of sp³-hybridized carbons (Fsp3) is 0.545. The first-order valence-electron chi connectivity index (χ1n) is 22.1. The second-order valence-corrected chi connectivity index (χ2v) is 21.3. The summed E-state index contributed by atoms with van der Waals surface area (Å²) in [5.41, 5.74) is 1.84. The van der Waals surface area contributed by atoms with E-state index in [-0.39, 0.29) is 68.8 Å². The number of alkyl halides is 4. The Bertz CT molecular complexity index is 2460. The van der Waals surface area contributed by atoms with Gasteiger partial charge in [-0.25, -0.2) is 13.8 Å². The molecule has 0 saturated heterocycles. The van der Waals surface area contributed by atoms with E-state index in [1.54, 1.807) is 18.9 Å². The van der Waals surface area contributed by atoms with Gasteiger partial charge < -0.3 is 44.5 Å². The van der Waals surface area contributed by atoms with E-state index in [0.717, 1.165) is 41.9 Å². The number of aliphatic carboxylic acids is 1. The van der Waals surface area contributed by atoms with Crippen LogP contribution >= 0.6 is 54.0 Å². The molecule has 3 unspecified atom stereocenters. The Morgan fingerprint density at radius 2 is 1.62 bits per heavy atom. The van der Waals surface area contributed by atoms with Crippen LogP contribution in [-0.2, 0) is 52.2 Å². The van der Waals surface area contributed by atoms with Gasteiger partial charge in [0.1, 0.15) is 30.4 Å². The van der Waals surface area contributed by atoms with Gasteiger partial charge >= 0.3 is 24.2 Å². The third-order valence-corrected chi connectivity index (χ3v) is 10.3. The second-order valence-electron chi connectivity index (χ2n) is 15.8. The molecule has 0 spiro atoms. The molecule has 412 valence electrons. The van der Waals surface area contributed by atoms with Crippen molar-refractivity contribution in [2.75, 3.05) is 79.9 Å². The Morgan fingerprint density at radius 1 is 1.01 bits per heavy atom. The summed E-state index contributed by atoms with van der Waals surface area (Å²) in [7, 11) is -2.07. The number of ether oxygens (including phenoxy) is 2. The van der Waals surface area contributed by atoms with Crippen LogP contribution in [0.4, 0.5) is 30.8 Å². The molecule has 0 aliphatic heterocycles. The van der Waals surface area contributed by atoms with Gasteiger partial charge in [0, 0.05) is 31.1 Å². The molecule has 0 aliphatic carbocycles. The maximum Gasteiger partial charge on any atom is 0.355 e. The number of methoxy groups -OCH3 is 1. The summed E-state index contributed by atoms with van der Waals surface area (Å²) in [5.74, 6) is -2.21. The Balaban J connectivity index is 0.000000972. The molecule has 2 aromatic carbocycles. The van der Waals surface area contributed by atoms with E-state index in [9.17, 15) is 41.8 Å². The minimum Gasteiger partial charge on any atom is -0.778 e. The predicted molar refractivity (Wildman–Crippen MR) is 282 cm³/mol. The Kier molecular flexibility index (Phi) is 33.1. The largest absolute Gasteiger partial charge is 0.778 e. The van der Waals surface area contributed by atoms with Crippen molar-refractivity contribution >= 4 is 100 Å². The molecule has 1 amide bonds. The van der Waals surface area contributed by atoms with Gasteiger partial charge in [-0.1, -0.05) is 36.7 Å². The van der Waals surface area contributed by atoms with E-state index in [1.807, 2.05) is 52.1 Å². The van der Waals surface area contributed by atoms with Gasteiger partial charge in [-0.2, -0.15) is 28.4 Å². The fourth-order valence-corrected chi connectivity index (χ4v) is 6.94. The lowest BCUT2D eigenvalue weighted by Gasteiger charge is -2.31. The van der Waals surface area contributed by atoms with Crippen molar-refractivity contribution in [3.05, 3.63) is 79.5 Å². The van der Waals surface area contributed by atoms with Crippen molar-refractivity contribution in [3.8, 4) is 5.69 Å². The number of benzene rings is 2. The molecular weight excluding hydrogens is 1090 g/mol. The molecule has 0 bridgehead atoms. The highest BCUT2D eigenvalue weighted by Gasteiger charge is 2.26. The third-order valence-electron chi connectivity index (χ3n) is 8.58. The number of nitrogens with zero attached hydrogens (tertiary/aromatic N) is 7. The van der Waals surface area contributed by atoms with Crippen LogP contribution in [0.25, 0.3) is 5.69 Å². The number of para-hydroxylation sites is 1. The van der Waals surface area contributed by atoms with E-state index in [0.29, 0.717) is 34.1 Å². The van der Waals surface area contributed by atoms with Crippen LogP contribution in [0.15, 0.2) is 35.1 Å². The first kappa shape index (κ1) is 68.8. The van der Waals surface area contributed by atoms with E-state index in [4.69, 9.17) is 65.9 Å². The van der Waals surface area contributed by atoms with Gasteiger partial charge in [-0.3, -0.25) is 19.7 Å². The highest BCUT2D eigenvalue weighted by Crippen LogP contribution is 2.29. The van der Waals surface area contributed by atoms with Crippen LogP contribution in [0.3, 0.4) is 0 Å². The highest BCUT2D eigenvalue weighted by atomic mass is 35.5. The summed E-state index contributed by atoms with van der Waals surface area (Å²) in [6.45, 7) is 12.6. The van der Waals surface area contributed by atoms with Crippen molar-refractivity contribution in [2.24, 2.45) is 0 Å². The Labute approximate surface area is 446 Å². The highest BCUT2D eigenvalue weighted by molar-refractivity contribution is 7.94. The molecule has 0 fully saturated rings. The normalized spacial score (nSPS) is 12.3. The second kappa shape index (κ2) is 35.1. The summed E-state index contributed by atoms with van der Waals surface area (Å²) >= 11 is 23.4.